The van der Waals surface area contributed by atoms with Crippen LogP contribution in [0.25, 0.3) is 0 Å². The topological polar surface area (TPSA) is 42.2 Å². The van der Waals surface area contributed by atoms with E-state index in [1.165, 1.54) is 5.56 Å². The second-order valence-electron chi connectivity index (χ2n) is 4.55. The van der Waals surface area contributed by atoms with Crippen LogP contribution >= 0.6 is 11.6 Å². The minimum absolute atomic E-state index is 0.255. The number of halogens is 1. The molecule has 19 heavy (non-hydrogen) atoms. The van der Waals surface area contributed by atoms with E-state index in [4.69, 9.17) is 17.3 Å². The summed E-state index contributed by atoms with van der Waals surface area (Å²) in [4.78, 5) is 6.41. The molecule has 2 aromatic rings. The van der Waals surface area contributed by atoms with Gasteiger partial charge in [-0.15, -0.1) is 0 Å². The lowest BCUT2D eigenvalue weighted by atomic mass is 10.1. The van der Waals surface area contributed by atoms with Gasteiger partial charge in [0.1, 0.15) is 0 Å². The number of anilines is 1. The maximum Gasteiger partial charge on any atom is 0.0560 e. The molecule has 0 aliphatic rings. The summed E-state index contributed by atoms with van der Waals surface area (Å²) in [5.41, 5.74) is 8.85. The summed E-state index contributed by atoms with van der Waals surface area (Å²) in [5.74, 6) is 0. The average Bonchev–Trinajstić information content (AvgIpc) is 2.46. The van der Waals surface area contributed by atoms with Gasteiger partial charge >= 0.3 is 0 Å². The molecule has 0 aliphatic carbocycles. The number of nitrogens with two attached hydrogens (primary N) is 1. The lowest BCUT2D eigenvalue weighted by Gasteiger charge is -2.27. The van der Waals surface area contributed by atoms with Crippen molar-refractivity contribution in [3.8, 4) is 0 Å². The number of hydrogen-bond donors (Lipinski definition) is 1. The zero-order valence-electron chi connectivity index (χ0n) is 11.2. The molecule has 0 bridgehead atoms. The third kappa shape index (κ3) is 3.25. The minimum atomic E-state index is 0.255. The van der Waals surface area contributed by atoms with E-state index < -0.39 is 0 Å². The SMILES string of the molecule is CC(c1ccc(Cl)cc1)N(C)c1ccnc(CN)c1. The summed E-state index contributed by atoms with van der Waals surface area (Å²) < 4.78 is 0. The van der Waals surface area contributed by atoms with Crippen LogP contribution in [0.1, 0.15) is 24.2 Å². The van der Waals surface area contributed by atoms with Gasteiger partial charge in [0.05, 0.1) is 11.7 Å². The van der Waals surface area contributed by atoms with Gasteiger partial charge in [-0.05, 0) is 36.8 Å². The van der Waals surface area contributed by atoms with Crippen LogP contribution in [-0.4, -0.2) is 12.0 Å². The smallest absolute Gasteiger partial charge is 0.0560 e. The first-order valence-corrected chi connectivity index (χ1v) is 6.63. The Bertz CT molecular complexity index is 539. The number of hydrogen-bond acceptors (Lipinski definition) is 3. The van der Waals surface area contributed by atoms with E-state index in [0.29, 0.717) is 6.54 Å². The monoisotopic (exact) mass is 275 g/mol. The Morgan fingerprint density at radius 3 is 2.58 bits per heavy atom. The van der Waals surface area contributed by atoms with Crippen molar-refractivity contribution in [2.45, 2.75) is 19.5 Å². The fourth-order valence-corrected chi connectivity index (χ4v) is 2.11. The molecular weight excluding hydrogens is 258 g/mol. The fraction of sp³-hybridized carbons (Fsp3) is 0.267. The van der Waals surface area contributed by atoms with Gasteiger partial charge in [0.2, 0.25) is 0 Å². The van der Waals surface area contributed by atoms with Crippen LogP contribution in [0.15, 0.2) is 42.6 Å². The van der Waals surface area contributed by atoms with Crippen molar-refractivity contribution in [2.75, 3.05) is 11.9 Å². The summed E-state index contributed by atoms with van der Waals surface area (Å²) >= 11 is 5.92. The molecule has 0 aliphatic heterocycles. The Labute approximate surface area is 119 Å². The van der Waals surface area contributed by atoms with Crippen LogP contribution < -0.4 is 10.6 Å². The highest BCUT2D eigenvalue weighted by molar-refractivity contribution is 6.30. The molecule has 1 aromatic heterocycles. The first-order valence-electron chi connectivity index (χ1n) is 6.25. The second-order valence-corrected chi connectivity index (χ2v) is 4.98. The lowest BCUT2D eigenvalue weighted by Crippen LogP contribution is -2.21. The van der Waals surface area contributed by atoms with Gasteiger partial charge < -0.3 is 10.6 Å². The molecule has 2 rings (SSSR count). The van der Waals surface area contributed by atoms with Gasteiger partial charge in [-0.25, -0.2) is 0 Å². The number of aromatic nitrogens is 1. The van der Waals surface area contributed by atoms with Gasteiger partial charge in [-0.3, -0.25) is 4.98 Å². The largest absolute Gasteiger partial charge is 0.368 e. The highest BCUT2D eigenvalue weighted by atomic mass is 35.5. The predicted molar refractivity (Wildman–Crippen MR) is 80.4 cm³/mol. The summed E-state index contributed by atoms with van der Waals surface area (Å²) in [6, 6.07) is 12.2. The number of nitrogens with zero attached hydrogens (tertiary/aromatic N) is 2. The molecule has 0 saturated carbocycles. The third-order valence-electron chi connectivity index (χ3n) is 3.35. The van der Waals surface area contributed by atoms with E-state index in [1.54, 1.807) is 6.20 Å². The van der Waals surface area contributed by atoms with Gasteiger partial charge in [-0.1, -0.05) is 23.7 Å². The van der Waals surface area contributed by atoms with Crippen molar-refractivity contribution in [1.29, 1.82) is 0 Å². The number of benzene rings is 1. The zero-order chi connectivity index (χ0) is 13.8. The maximum absolute atomic E-state index is 5.92. The van der Waals surface area contributed by atoms with Gasteiger partial charge in [0.15, 0.2) is 0 Å². The van der Waals surface area contributed by atoms with Crippen LogP contribution in [0.4, 0.5) is 5.69 Å². The zero-order valence-corrected chi connectivity index (χ0v) is 11.9. The molecule has 1 heterocycles. The van der Waals surface area contributed by atoms with E-state index in [9.17, 15) is 0 Å². The Morgan fingerprint density at radius 1 is 1.26 bits per heavy atom. The van der Waals surface area contributed by atoms with Crippen molar-refractivity contribution in [3.63, 3.8) is 0 Å². The molecule has 3 nitrogen and oxygen atoms in total. The molecule has 100 valence electrons. The average molecular weight is 276 g/mol. The molecule has 0 amide bonds. The Balaban J connectivity index is 2.22. The minimum Gasteiger partial charge on any atom is -0.368 e. The maximum atomic E-state index is 5.92. The molecule has 2 N–H and O–H groups in total. The normalized spacial score (nSPS) is 12.2. The molecule has 1 atom stereocenters. The number of rotatable bonds is 4. The van der Waals surface area contributed by atoms with Crippen molar-refractivity contribution < 1.29 is 0 Å². The van der Waals surface area contributed by atoms with Gasteiger partial charge in [0.25, 0.3) is 0 Å². The molecular formula is C15H18ClN3. The van der Waals surface area contributed by atoms with Crippen molar-refractivity contribution in [3.05, 3.63) is 58.9 Å². The van der Waals surface area contributed by atoms with Gasteiger partial charge in [0, 0.05) is 30.5 Å². The highest BCUT2D eigenvalue weighted by Crippen LogP contribution is 2.26. The van der Waals surface area contributed by atoms with Crippen LogP contribution in [-0.2, 0) is 6.54 Å². The van der Waals surface area contributed by atoms with Crippen LogP contribution in [0.3, 0.4) is 0 Å². The Kier molecular flexibility index (Phi) is 4.40. The van der Waals surface area contributed by atoms with E-state index in [-0.39, 0.29) is 6.04 Å². The quantitative estimate of drug-likeness (QED) is 0.930. The first-order chi connectivity index (χ1) is 9.11. The molecule has 4 heteroatoms. The molecule has 0 fully saturated rings. The van der Waals surface area contributed by atoms with Crippen LogP contribution in [0.5, 0.6) is 0 Å². The van der Waals surface area contributed by atoms with E-state index in [0.717, 1.165) is 16.4 Å². The first kappa shape index (κ1) is 13.8. The summed E-state index contributed by atoms with van der Waals surface area (Å²) in [6.07, 6.45) is 1.79. The Hall–Kier alpha value is -1.58. The van der Waals surface area contributed by atoms with Crippen molar-refractivity contribution in [2.24, 2.45) is 5.73 Å². The van der Waals surface area contributed by atoms with E-state index in [2.05, 4.69) is 36.0 Å². The highest BCUT2D eigenvalue weighted by Gasteiger charge is 2.12. The Morgan fingerprint density at radius 2 is 1.95 bits per heavy atom. The predicted octanol–water partition coefficient (Wildman–Crippen LogP) is 3.39. The summed E-state index contributed by atoms with van der Waals surface area (Å²) in [6.45, 7) is 2.61. The number of pyridine rings is 1. The van der Waals surface area contributed by atoms with Crippen LogP contribution in [0, 0.1) is 0 Å². The van der Waals surface area contributed by atoms with Crippen molar-refractivity contribution >= 4 is 17.3 Å². The van der Waals surface area contributed by atoms with Crippen LogP contribution in [0.2, 0.25) is 5.02 Å². The standard InChI is InChI=1S/C15H18ClN3/c1-11(12-3-5-13(16)6-4-12)19(2)15-7-8-18-14(9-15)10-17/h3-9,11H,10,17H2,1-2H3. The second kappa shape index (κ2) is 6.04. The fourth-order valence-electron chi connectivity index (χ4n) is 1.98. The lowest BCUT2D eigenvalue weighted by molar-refractivity contribution is 0.738. The molecule has 0 spiro atoms. The molecule has 1 unspecified atom stereocenters. The molecule has 1 aromatic carbocycles. The third-order valence-corrected chi connectivity index (χ3v) is 3.60. The summed E-state index contributed by atoms with van der Waals surface area (Å²) in [7, 11) is 2.06. The molecule has 0 radical (unpaired) electrons. The van der Waals surface area contributed by atoms with Crippen molar-refractivity contribution in [1.82, 2.24) is 4.98 Å². The van der Waals surface area contributed by atoms with E-state index >= 15 is 0 Å². The van der Waals surface area contributed by atoms with Gasteiger partial charge in [-0.2, -0.15) is 0 Å². The molecule has 0 saturated heterocycles. The summed E-state index contributed by atoms with van der Waals surface area (Å²) in [5, 5.41) is 0.757. The van der Waals surface area contributed by atoms with E-state index in [1.807, 2.05) is 24.3 Å².